The number of anilines is 1. The van der Waals surface area contributed by atoms with E-state index in [0.29, 0.717) is 36.0 Å². The monoisotopic (exact) mass is 372 g/mol. The Labute approximate surface area is 158 Å². The molecule has 5 nitrogen and oxygen atoms in total. The highest BCUT2D eigenvalue weighted by molar-refractivity contribution is 6.31. The first-order chi connectivity index (χ1) is 12.5. The first-order valence-corrected chi connectivity index (χ1v) is 8.87. The Kier molecular flexibility index (Phi) is 5.47. The minimum atomic E-state index is -0.538. The van der Waals surface area contributed by atoms with E-state index in [4.69, 9.17) is 16.3 Å². The summed E-state index contributed by atoms with van der Waals surface area (Å²) in [6.45, 7) is 2.63. The summed E-state index contributed by atoms with van der Waals surface area (Å²) in [6.07, 6.45) is 0.291. The molecule has 26 heavy (non-hydrogen) atoms. The van der Waals surface area contributed by atoms with Gasteiger partial charge in [-0.15, -0.1) is 0 Å². The molecule has 3 rings (SSSR count). The van der Waals surface area contributed by atoms with Crippen molar-refractivity contribution < 1.29 is 14.3 Å². The summed E-state index contributed by atoms with van der Waals surface area (Å²) in [5, 5.41) is 0.531. The molecule has 2 amide bonds. The smallest absolute Gasteiger partial charge is 0.249 e. The first-order valence-electron chi connectivity index (χ1n) is 8.49. The third-order valence-electron chi connectivity index (χ3n) is 4.61. The SMILES string of the molecule is COc1ccc(Cl)cc1N1CCN(C(=O)Cc2ccccc2)C(C)C1=O. The number of carbonyl (C=O) groups excluding carboxylic acids is 2. The van der Waals surface area contributed by atoms with Crippen molar-refractivity contribution in [2.75, 3.05) is 25.1 Å². The molecule has 0 bridgehead atoms. The van der Waals surface area contributed by atoms with E-state index >= 15 is 0 Å². The van der Waals surface area contributed by atoms with Crippen LogP contribution in [0.15, 0.2) is 48.5 Å². The fourth-order valence-electron chi connectivity index (χ4n) is 3.20. The quantitative estimate of drug-likeness (QED) is 0.828. The van der Waals surface area contributed by atoms with Crippen molar-refractivity contribution in [2.45, 2.75) is 19.4 Å². The summed E-state index contributed by atoms with van der Waals surface area (Å²) < 4.78 is 5.36. The lowest BCUT2D eigenvalue weighted by Crippen LogP contribution is -2.58. The number of hydrogen-bond acceptors (Lipinski definition) is 3. The third-order valence-corrected chi connectivity index (χ3v) is 4.84. The van der Waals surface area contributed by atoms with Gasteiger partial charge in [0.15, 0.2) is 0 Å². The molecule has 2 aromatic carbocycles. The van der Waals surface area contributed by atoms with Crippen LogP contribution in [-0.4, -0.2) is 43.0 Å². The summed E-state index contributed by atoms with van der Waals surface area (Å²) in [5.41, 5.74) is 1.57. The van der Waals surface area contributed by atoms with Crippen molar-refractivity contribution in [2.24, 2.45) is 0 Å². The summed E-state index contributed by atoms with van der Waals surface area (Å²) in [6, 6.07) is 14.2. The number of benzene rings is 2. The van der Waals surface area contributed by atoms with Gasteiger partial charge in [0.25, 0.3) is 0 Å². The molecule has 0 radical (unpaired) electrons. The van der Waals surface area contributed by atoms with E-state index in [1.807, 2.05) is 30.3 Å². The number of halogens is 1. The number of piperazine rings is 1. The van der Waals surface area contributed by atoms with E-state index in [0.717, 1.165) is 5.56 Å². The second-order valence-corrected chi connectivity index (χ2v) is 6.67. The van der Waals surface area contributed by atoms with E-state index in [2.05, 4.69) is 0 Å². The van der Waals surface area contributed by atoms with E-state index in [1.54, 1.807) is 42.0 Å². The molecule has 0 aromatic heterocycles. The number of rotatable bonds is 4. The Balaban J connectivity index is 1.77. The first kappa shape index (κ1) is 18.3. The second-order valence-electron chi connectivity index (χ2n) is 6.23. The summed E-state index contributed by atoms with van der Waals surface area (Å²) in [7, 11) is 1.56. The lowest BCUT2D eigenvalue weighted by Gasteiger charge is -2.39. The lowest BCUT2D eigenvalue weighted by atomic mass is 10.1. The highest BCUT2D eigenvalue weighted by atomic mass is 35.5. The average Bonchev–Trinajstić information content (AvgIpc) is 2.64. The molecule has 1 saturated heterocycles. The van der Waals surface area contributed by atoms with Crippen molar-refractivity contribution >= 4 is 29.1 Å². The molecule has 136 valence electrons. The third kappa shape index (κ3) is 3.68. The molecule has 1 fully saturated rings. The zero-order chi connectivity index (χ0) is 18.7. The van der Waals surface area contributed by atoms with Crippen molar-refractivity contribution in [3.8, 4) is 5.75 Å². The van der Waals surface area contributed by atoms with Crippen LogP contribution in [0.5, 0.6) is 5.75 Å². The van der Waals surface area contributed by atoms with Gasteiger partial charge in [-0.1, -0.05) is 41.9 Å². The number of ether oxygens (including phenoxy) is 1. The van der Waals surface area contributed by atoms with Crippen LogP contribution < -0.4 is 9.64 Å². The van der Waals surface area contributed by atoms with Crippen LogP contribution >= 0.6 is 11.6 Å². The zero-order valence-corrected chi connectivity index (χ0v) is 15.6. The van der Waals surface area contributed by atoms with Gasteiger partial charge in [-0.3, -0.25) is 9.59 Å². The topological polar surface area (TPSA) is 49.9 Å². The van der Waals surface area contributed by atoms with Gasteiger partial charge in [-0.25, -0.2) is 0 Å². The molecule has 1 heterocycles. The van der Waals surface area contributed by atoms with E-state index in [-0.39, 0.29) is 11.8 Å². The highest BCUT2D eigenvalue weighted by Gasteiger charge is 2.35. The molecule has 1 atom stereocenters. The lowest BCUT2D eigenvalue weighted by molar-refractivity contribution is -0.140. The highest BCUT2D eigenvalue weighted by Crippen LogP contribution is 2.33. The fourth-order valence-corrected chi connectivity index (χ4v) is 3.36. The minimum absolute atomic E-state index is 0.0465. The molecule has 1 aliphatic rings. The Hall–Kier alpha value is -2.53. The number of carbonyl (C=O) groups is 2. The van der Waals surface area contributed by atoms with Crippen LogP contribution in [0.1, 0.15) is 12.5 Å². The second kappa shape index (κ2) is 7.79. The van der Waals surface area contributed by atoms with Gasteiger partial charge in [0.2, 0.25) is 11.8 Å². The largest absolute Gasteiger partial charge is 0.495 e. The normalized spacial score (nSPS) is 17.3. The predicted molar refractivity (Wildman–Crippen MR) is 102 cm³/mol. The molecule has 1 aliphatic heterocycles. The summed E-state index contributed by atoms with van der Waals surface area (Å²) >= 11 is 6.09. The molecule has 2 aromatic rings. The number of hydrogen-bond donors (Lipinski definition) is 0. The number of methoxy groups -OCH3 is 1. The van der Waals surface area contributed by atoms with Gasteiger partial charge in [0.1, 0.15) is 11.8 Å². The van der Waals surface area contributed by atoms with Gasteiger partial charge < -0.3 is 14.5 Å². The molecular formula is C20H21ClN2O3. The van der Waals surface area contributed by atoms with Crippen LogP contribution in [0.4, 0.5) is 5.69 Å². The van der Waals surface area contributed by atoms with Gasteiger partial charge in [0.05, 0.1) is 19.2 Å². The maximum atomic E-state index is 12.9. The van der Waals surface area contributed by atoms with Crippen LogP contribution in [0.2, 0.25) is 5.02 Å². The van der Waals surface area contributed by atoms with E-state index in [1.165, 1.54) is 0 Å². The van der Waals surface area contributed by atoms with Crippen molar-refractivity contribution in [3.05, 3.63) is 59.1 Å². The van der Waals surface area contributed by atoms with E-state index in [9.17, 15) is 9.59 Å². The Morgan fingerprint density at radius 3 is 2.62 bits per heavy atom. The number of nitrogens with zero attached hydrogens (tertiary/aromatic N) is 2. The zero-order valence-electron chi connectivity index (χ0n) is 14.8. The fraction of sp³-hybridized carbons (Fsp3) is 0.300. The van der Waals surface area contributed by atoms with Crippen molar-refractivity contribution in [1.29, 1.82) is 0 Å². The molecule has 6 heteroatoms. The Morgan fingerprint density at radius 2 is 1.92 bits per heavy atom. The maximum Gasteiger partial charge on any atom is 0.249 e. The van der Waals surface area contributed by atoms with Gasteiger partial charge in [-0.2, -0.15) is 0 Å². The van der Waals surface area contributed by atoms with Crippen molar-refractivity contribution in [3.63, 3.8) is 0 Å². The summed E-state index contributed by atoms with van der Waals surface area (Å²) in [5.74, 6) is 0.395. The summed E-state index contributed by atoms with van der Waals surface area (Å²) in [4.78, 5) is 28.8. The molecule has 1 unspecified atom stereocenters. The van der Waals surface area contributed by atoms with Gasteiger partial charge >= 0.3 is 0 Å². The van der Waals surface area contributed by atoms with Crippen LogP contribution in [0.3, 0.4) is 0 Å². The minimum Gasteiger partial charge on any atom is -0.495 e. The predicted octanol–water partition coefficient (Wildman–Crippen LogP) is 3.16. The number of amides is 2. The molecular weight excluding hydrogens is 352 g/mol. The average molecular weight is 373 g/mol. The molecule has 0 aliphatic carbocycles. The Morgan fingerprint density at radius 1 is 1.19 bits per heavy atom. The van der Waals surface area contributed by atoms with Gasteiger partial charge in [0, 0.05) is 18.1 Å². The molecule has 0 saturated carbocycles. The standard InChI is InChI=1S/C20H21ClN2O3/c1-14-20(25)23(17-13-16(21)8-9-18(17)26-2)11-10-22(14)19(24)12-15-6-4-3-5-7-15/h3-9,13-14H,10-12H2,1-2H3. The maximum absolute atomic E-state index is 12.9. The Bertz CT molecular complexity index is 810. The van der Waals surface area contributed by atoms with Crippen LogP contribution in [0.25, 0.3) is 0 Å². The van der Waals surface area contributed by atoms with Gasteiger partial charge in [-0.05, 0) is 30.7 Å². The molecule has 0 N–H and O–H groups in total. The molecule has 0 spiro atoms. The van der Waals surface area contributed by atoms with Crippen LogP contribution in [0, 0.1) is 0 Å². The van der Waals surface area contributed by atoms with Crippen molar-refractivity contribution in [1.82, 2.24) is 4.90 Å². The van der Waals surface area contributed by atoms with Crippen LogP contribution in [-0.2, 0) is 16.0 Å². The van der Waals surface area contributed by atoms with E-state index < -0.39 is 6.04 Å².